The van der Waals surface area contributed by atoms with Crippen LogP contribution in [-0.4, -0.2) is 47.3 Å². The molecule has 8 heteroatoms. The molecule has 0 fully saturated rings. The predicted molar refractivity (Wildman–Crippen MR) is 116 cm³/mol. The molecule has 0 saturated carbocycles. The lowest BCUT2D eigenvalue weighted by Gasteiger charge is -2.20. The van der Waals surface area contributed by atoms with E-state index in [0.717, 1.165) is 11.3 Å². The molecule has 1 unspecified atom stereocenters. The minimum atomic E-state index is -0.549. The zero-order valence-corrected chi connectivity index (χ0v) is 17.5. The number of carbonyl (C=O) groups excluding carboxylic acids is 3. The Balaban J connectivity index is 1.65. The number of hydrogen-bond acceptors (Lipinski definition) is 5. The molecule has 1 aliphatic heterocycles. The summed E-state index contributed by atoms with van der Waals surface area (Å²) >= 11 is 0. The number of nitrogens with zero attached hydrogens (tertiary/aromatic N) is 3. The molecule has 0 aromatic heterocycles. The predicted octanol–water partition coefficient (Wildman–Crippen LogP) is 2.51. The molecule has 0 radical (unpaired) electrons. The number of ketones is 1. The maximum atomic E-state index is 13.0. The van der Waals surface area contributed by atoms with E-state index in [9.17, 15) is 18.8 Å². The van der Waals surface area contributed by atoms with Gasteiger partial charge < -0.3 is 10.2 Å². The Labute approximate surface area is 180 Å². The number of rotatable bonds is 8. The van der Waals surface area contributed by atoms with Crippen LogP contribution in [0.4, 0.5) is 10.1 Å². The van der Waals surface area contributed by atoms with E-state index < -0.39 is 6.04 Å². The minimum absolute atomic E-state index is 0.0875. The first-order chi connectivity index (χ1) is 14.9. The van der Waals surface area contributed by atoms with Gasteiger partial charge in [-0.25, -0.2) is 4.39 Å². The van der Waals surface area contributed by atoms with E-state index >= 15 is 0 Å². The number of anilines is 1. The number of halogens is 1. The molecule has 0 bridgehead atoms. The van der Waals surface area contributed by atoms with E-state index in [2.05, 4.69) is 10.4 Å². The van der Waals surface area contributed by atoms with Gasteiger partial charge in [0.15, 0.2) is 5.78 Å². The highest BCUT2D eigenvalue weighted by Gasteiger charge is 2.35. The van der Waals surface area contributed by atoms with Crippen LogP contribution in [0.25, 0.3) is 0 Å². The van der Waals surface area contributed by atoms with Crippen LogP contribution in [0, 0.1) is 5.82 Å². The molecule has 31 heavy (non-hydrogen) atoms. The molecule has 1 aliphatic rings. The lowest BCUT2D eigenvalue weighted by molar-refractivity contribution is -0.131. The molecular weight excluding hydrogens is 399 g/mol. The fraction of sp³-hybridized carbons (Fsp3) is 0.304. The fourth-order valence-corrected chi connectivity index (χ4v) is 3.32. The fourth-order valence-electron chi connectivity index (χ4n) is 3.32. The minimum Gasteiger partial charge on any atom is -0.350 e. The zero-order valence-electron chi connectivity index (χ0n) is 17.5. The number of para-hydroxylation sites is 1. The number of carbonyl (C=O) groups is 3. The first-order valence-electron chi connectivity index (χ1n) is 10.1. The van der Waals surface area contributed by atoms with Gasteiger partial charge in [-0.1, -0.05) is 30.3 Å². The summed E-state index contributed by atoms with van der Waals surface area (Å²) in [5.74, 6) is -1.13. The number of likely N-dealkylation sites (N-methyl/N-ethyl adjacent to an activating group) is 1. The highest BCUT2D eigenvalue weighted by molar-refractivity contribution is 6.40. The van der Waals surface area contributed by atoms with Gasteiger partial charge in [0, 0.05) is 19.5 Å². The molecule has 0 aliphatic carbocycles. The van der Waals surface area contributed by atoms with Gasteiger partial charge in [0.2, 0.25) is 5.91 Å². The van der Waals surface area contributed by atoms with Crippen molar-refractivity contribution in [1.29, 1.82) is 0 Å². The van der Waals surface area contributed by atoms with Crippen LogP contribution in [0.1, 0.15) is 25.8 Å². The molecule has 1 N–H and O–H groups in total. The first-order valence-corrected chi connectivity index (χ1v) is 10.1. The van der Waals surface area contributed by atoms with Crippen molar-refractivity contribution >= 4 is 29.0 Å². The van der Waals surface area contributed by atoms with Crippen LogP contribution in [0.5, 0.6) is 0 Å². The third-order valence-corrected chi connectivity index (χ3v) is 5.05. The standard InChI is InChI=1S/C23H25FN4O3/c1-3-27(15-22(30)25-14-17-9-11-18(24)12-10-17)23(31)20-13-21(16(2)29)28(26-20)19-7-5-4-6-8-19/h4-12,21H,3,13-15H2,1-2H3,(H,25,30). The van der Waals surface area contributed by atoms with E-state index in [4.69, 9.17) is 0 Å². The summed E-state index contributed by atoms with van der Waals surface area (Å²) < 4.78 is 13.0. The Hall–Kier alpha value is -3.55. The zero-order chi connectivity index (χ0) is 22.4. The van der Waals surface area contributed by atoms with Crippen molar-refractivity contribution in [3.8, 4) is 0 Å². The number of hydrogen-bond donors (Lipinski definition) is 1. The number of amides is 2. The van der Waals surface area contributed by atoms with Crippen LogP contribution in [0.15, 0.2) is 59.7 Å². The average molecular weight is 424 g/mol. The highest BCUT2D eigenvalue weighted by Crippen LogP contribution is 2.25. The second-order valence-corrected chi connectivity index (χ2v) is 7.28. The number of benzene rings is 2. The highest BCUT2D eigenvalue weighted by atomic mass is 19.1. The van der Waals surface area contributed by atoms with E-state index in [1.54, 1.807) is 24.1 Å². The Morgan fingerprint density at radius 1 is 1.13 bits per heavy atom. The second-order valence-electron chi connectivity index (χ2n) is 7.28. The van der Waals surface area contributed by atoms with Crippen molar-refractivity contribution in [3.63, 3.8) is 0 Å². The van der Waals surface area contributed by atoms with Crippen LogP contribution in [0.3, 0.4) is 0 Å². The number of nitrogens with one attached hydrogen (secondary N) is 1. The van der Waals surface area contributed by atoms with Crippen molar-refractivity contribution in [2.24, 2.45) is 5.10 Å². The third kappa shape index (κ3) is 5.53. The van der Waals surface area contributed by atoms with Gasteiger partial charge >= 0.3 is 0 Å². The lowest BCUT2D eigenvalue weighted by atomic mass is 10.1. The maximum absolute atomic E-state index is 13.0. The van der Waals surface area contributed by atoms with Crippen LogP contribution in [0.2, 0.25) is 0 Å². The van der Waals surface area contributed by atoms with E-state index in [-0.39, 0.29) is 48.6 Å². The smallest absolute Gasteiger partial charge is 0.270 e. The van der Waals surface area contributed by atoms with E-state index in [0.29, 0.717) is 6.54 Å². The topological polar surface area (TPSA) is 82.1 Å². The number of Topliss-reactive ketones (excluding diaryl/α,β-unsaturated/α-hetero) is 1. The normalized spacial score (nSPS) is 15.4. The molecule has 3 rings (SSSR count). The summed E-state index contributed by atoms with van der Waals surface area (Å²) in [6.45, 7) is 3.67. The Morgan fingerprint density at radius 3 is 2.42 bits per heavy atom. The van der Waals surface area contributed by atoms with Crippen molar-refractivity contribution in [2.45, 2.75) is 32.9 Å². The summed E-state index contributed by atoms with van der Waals surface area (Å²) in [6, 6.07) is 14.5. The quantitative estimate of drug-likeness (QED) is 0.706. The van der Waals surface area contributed by atoms with Gasteiger partial charge in [0.05, 0.1) is 12.2 Å². The van der Waals surface area contributed by atoms with E-state index in [1.165, 1.54) is 24.0 Å². The van der Waals surface area contributed by atoms with Crippen LogP contribution in [-0.2, 0) is 20.9 Å². The molecule has 7 nitrogen and oxygen atoms in total. The van der Waals surface area contributed by atoms with Crippen molar-refractivity contribution < 1.29 is 18.8 Å². The van der Waals surface area contributed by atoms with Crippen LogP contribution >= 0.6 is 0 Å². The van der Waals surface area contributed by atoms with Crippen molar-refractivity contribution in [1.82, 2.24) is 10.2 Å². The molecule has 2 aromatic carbocycles. The number of hydrazone groups is 1. The second kappa shape index (κ2) is 9.97. The van der Waals surface area contributed by atoms with Gasteiger partial charge in [0.25, 0.3) is 5.91 Å². The summed E-state index contributed by atoms with van der Waals surface area (Å²) in [7, 11) is 0. The molecule has 162 valence electrons. The molecule has 1 heterocycles. The molecule has 2 amide bonds. The Morgan fingerprint density at radius 2 is 1.81 bits per heavy atom. The largest absolute Gasteiger partial charge is 0.350 e. The Bertz CT molecular complexity index is 976. The summed E-state index contributed by atoms with van der Waals surface area (Å²) in [4.78, 5) is 38.9. The van der Waals surface area contributed by atoms with Crippen LogP contribution < -0.4 is 10.3 Å². The van der Waals surface area contributed by atoms with Gasteiger partial charge in [-0.2, -0.15) is 5.10 Å². The van der Waals surface area contributed by atoms with Gasteiger partial charge in [-0.15, -0.1) is 0 Å². The van der Waals surface area contributed by atoms with Crippen molar-refractivity contribution in [3.05, 3.63) is 66.0 Å². The van der Waals surface area contributed by atoms with E-state index in [1.807, 2.05) is 30.3 Å². The molecule has 1 atom stereocenters. The van der Waals surface area contributed by atoms with Gasteiger partial charge in [-0.3, -0.25) is 19.4 Å². The monoisotopic (exact) mass is 424 g/mol. The Kier molecular flexibility index (Phi) is 7.12. The molecular formula is C23H25FN4O3. The maximum Gasteiger partial charge on any atom is 0.270 e. The van der Waals surface area contributed by atoms with Gasteiger partial charge in [-0.05, 0) is 43.7 Å². The molecule has 2 aromatic rings. The molecule has 0 saturated heterocycles. The summed E-state index contributed by atoms with van der Waals surface area (Å²) in [5.41, 5.74) is 1.73. The average Bonchev–Trinajstić information content (AvgIpc) is 3.23. The van der Waals surface area contributed by atoms with Crippen molar-refractivity contribution in [2.75, 3.05) is 18.1 Å². The van der Waals surface area contributed by atoms with Gasteiger partial charge in [0.1, 0.15) is 17.6 Å². The SMILES string of the molecule is CCN(CC(=O)NCc1ccc(F)cc1)C(=O)C1=NN(c2ccccc2)C(C(C)=O)C1. The first kappa shape index (κ1) is 22.1. The molecule has 0 spiro atoms. The lowest BCUT2D eigenvalue weighted by Crippen LogP contribution is -2.43. The summed E-state index contributed by atoms with van der Waals surface area (Å²) in [5, 5.41) is 8.71. The third-order valence-electron chi connectivity index (χ3n) is 5.05. The summed E-state index contributed by atoms with van der Waals surface area (Å²) in [6.07, 6.45) is 0.191.